The summed E-state index contributed by atoms with van der Waals surface area (Å²) in [5.74, 6) is 1.54. The number of nitrogens with one attached hydrogen (secondary N) is 1. The number of ether oxygens (including phenoxy) is 2. The van der Waals surface area contributed by atoms with Crippen molar-refractivity contribution in [2.24, 2.45) is 0 Å². The van der Waals surface area contributed by atoms with Gasteiger partial charge in [-0.3, -0.25) is 0 Å². The first-order valence-electron chi connectivity index (χ1n) is 8.33. The van der Waals surface area contributed by atoms with Crippen molar-refractivity contribution < 1.29 is 9.47 Å². The zero-order chi connectivity index (χ0) is 17.5. The zero-order valence-corrected chi connectivity index (χ0v) is 15.4. The van der Waals surface area contributed by atoms with E-state index in [4.69, 9.17) is 9.47 Å². The van der Waals surface area contributed by atoms with E-state index in [0.29, 0.717) is 6.61 Å². The molecule has 1 N–H and O–H groups in total. The molecule has 3 nitrogen and oxygen atoms in total. The second-order valence-electron chi connectivity index (χ2n) is 5.88. The predicted octanol–water partition coefficient (Wildman–Crippen LogP) is 4.93. The van der Waals surface area contributed by atoms with Gasteiger partial charge in [-0.05, 0) is 47.2 Å². The number of benzene rings is 2. The van der Waals surface area contributed by atoms with Crippen molar-refractivity contribution in [2.45, 2.75) is 26.6 Å². The number of hydrogen-bond donors (Lipinski definition) is 1. The largest absolute Gasteiger partial charge is 0.493 e. The third-order valence-corrected chi connectivity index (χ3v) is 4.96. The van der Waals surface area contributed by atoms with Crippen LogP contribution < -0.4 is 14.8 Å². The van der Waals surface area contributed by atoms with Gasteiger partial charge in [-0.15, -0.1) is 11.3 Å². The Bertz CT molecular complexity index is 799. The molecule has 1 aromatic heterocycles. The molecule has 0 saturated carbocycles. The van der Waals surface area contributed by atoms with E-state index in [0.717, 1.165) is 24.6 Å². The van der Waals surface area contributed by atoms with Crippen LogP contribution in [-0.2, 0) is 19.7 Å². The van der Waals surface area contributed by atoms with E-state index in [1.807, 2.05) is 24.3 Å². The minimum atomic E-state index is 0.541. The number of hydrogen-bond acceptors (Lipinski definition) is 4. The number of thiophene rings is 1. The Hall–Kier alpha value is -2.30. The van der Waals surface area contributed by atoms with Crippen molar-refractivity contribution in [2.75, 3.05) is 7.11 Å². The first-order chi connectivity index (χ1) is 12.3. The van der Waals surface area contributed by atoms with Gasteiger partial charge in [0.05, 0.1) is 7.11 Å². The van der Waals surface area contributed by atoms with Crippen LogP contribution in [0.4, 0.5) is 0 Å². The summed E-state index contributed by atoms with van der Waals surface area (Å²) in [4.78, 5) is 1.34. The maximum atomic E-state index is 5.97. The topological polar surface area (TPSA) is 30.5 Å². The normalized spacial score (nSPS) is 10.6. The Labute approximate surface area is 153 Å². The molecule has 2 aromatic carbocycles. The molecule has 0 spiro atoms. The van der Waals surface area contributed by atoms with Gasteiger partial charge >= 0.3 is 0 Å². The third kappa shape index (κ3) is 4.84. The summed E-state index contributed by atoms with van der Waals surface area (Å²) in [6.45, 7) is 4.31. The zero-order valence-electron chi connectivity index (χ0n) is 14.6. The molecule has 3 aromatic rings. The van der Waals surface area contributed by atoms with E-state index in [1.54, 1.807) is 18.4 Å². The van der Waals surface area contributed by atoms with E-state index in [2.05, 4.69) is 48.0 Å². The Morgan fingerprint density at radius 2 is 1.84 bits per heavy atom. The van der Waals surface area contributed by atoms with Crippen LogP contribution in [0.1, 0.15) is 21.6 Å². The summed E-state index contributed by atoms with van der Waals surface area (Å²) in [7, 11) is 1.68. The predicted molar refractivity (Wildman–Crippen MR) is 103 cm³/mol. The van der Waals surface area contributed by atoms with Crippen LogP contribution >= 0.6 is 11.3 Å². The molecule has 0 fully saturated rings. The highest BCUT2D eigenvalue weighted by molar-refractivity contribution is 7.09. The van der Waals surface area contributed by atoms with Crippen LogP contribution in [-0.4, -0.2) is 7.11 Å². The van der Waals surface area contributed by atoms with Gasteiger partial charge in [-0.25, -0.2) is 0 Å². The van der Waals surface area contributed by atoms with Crippen LogP contribution in [0.15, 0.2) is 60.0 Å². The molecule has 0 saturated heterocycles. The Morgan fingerprint density at radius 1 is 0.960 bits per heavy atom. The van der Waals surface area contributed by atoms with Crippen LogP contribution in [0.3, 0.4) is 0 Å². The fraction of sp³-hybridized carbons (Fsp3) is 0.238. The molecule has 0 amide bonds. The van der Waals surface area contributed by atoms with Crippen LogP contribution in [0.5, 0.6) is 11.5 Å². The lowest BCUT2D eigenvalue weighted by atomic mass is 10.1. The summed E-state index contributed by atoms with van der Waals surface area (Å²) in [6, 6.07) is 18.6. The summed E-state index contributed by atoms with van der Waals surface area (Å²) in [6.07, 6.45) is 0. The molecule has 0 atom stereocenters. The highest BCUT2D eigenvalue weighted by Crippen LogP contribution is 2.29. The Balaban J connectivity index is 1.60. The van der Waals surface area contributed by atoms with E-state index in [-0.39, 0.29) is 0 Å². The molecule has 3 rings (SSSR count). The number of aryl methyl sites for hydroxylation is 1. The van der Waals surface area contributed by atoms with E-state index >= 15 is 0 Å². The van der Waals surface area contributed by atoms with Gasteiger partial charge in [0.2, 0.25) is 0 Å². The average Bonchev–Trinajstić information content (AvgIpc) is 3.15. The fourth-order valence-electron chi connectivity index (χ4n) is 2.61. The molecule has 130 valence electrons. The van der Waals surface area contributed by atoms with E-state index < -0.39 is 0 Å². The smallest absolute Gasteiger partial charge is 0.161 e. The molecule has 25 heavy (non-hydrogen) atoms. The highest BCUT2D eigenvalue weighted by Gasteiger charge is 2.07. The molecule has 0 aliphatic carbocycles. The molecule has 0 aliphatic rings. The van der Waals surface area contributed by atoms with Crippen molar-refractivity contribution >= 4 is 11.3 Å². The molecule has 0 radical (unpaired) electrons. The molecule has 1 heterocycles. The summed E-state index contributed by atoms with van der Waals surface area (Å²) in [5.41, 5.74) is 3.60. The van der Waals surface area contributed by atoms with Gasteiger partial charge in [0.25, 0.3) is 0 Å². The minimum Gasteiger partial charge on any atom is -0.493 e. The van der Waals surface area contributed by atoms with Gasteiger partial charge < -0.3 is 14.8 Å². The summed E-state index contributed by atoms with van der Waals surface area (Å²) < 4.78 is 11.5. The Morgan fingerprint density at radius 3 is 2.60 bits per heavy atom. The SMILES string of the molecule is COc1cc(CNCc2cccs2)ccc1OCc1ccccc1C. The molecule has 0 bridgehead atoms. The quantitative estimate of drug-likeness (QED) is 0.622. The number of rotatable bonds is 8. The van der Waals surface area contributed by atoms with Crippen LogP contribution in [0, 0.1) is 6.92 Å². The van der Waals surface area contributed by atoms with Gasteiger partial charge in [0, 0.05) is 18.0 Å². The van der Waals surface area contributed by atoms with Gasteiger partial charge in [0.15, 0.2) is 11.5 Å². The summed E-state index contributed by atoms with van der Waals surface area (Å²) in [5, 5.41) is 5.55. The Kier molecular flexibility index (Phi) is 6.09. The lowest BCUT2D eigenvalue weighted by molar-refractivity contribution is 0.283. The molecular weight excluding hydrogens is 330 g/mol. The highest BCUT2D eigenvalue weighted by atomic mass is 32.1. The van der Waals surface area contributed by atoms with Crippen molar-refractivity contribution in [1.82, 2.24) is 5.32 Å². The van der Waals surface area contributed by atoms with E-state index in [1.165, 1.54) is 21.6 Å². The van der Waals surface area contributed by atoms with Crippen LogP contribution in [0.2, 0.25) is 0 Å². The first-order valence-corrected chi connectivity index (χ1v) is 9.21. The lowest BCUT2D eigenvalue weighted by Crippen LogP contribution is -2.11. The van der Waals surface area contributed by atoms with Crippen molar-refractivity contribution in [3.8, 4) is 11.5 Å². The number of methoxy groups -OCH3 is 1. The molecule has 0 aliphatic heterocycles. The molecule has 0 unspecified atom stereocenters. The monoisotopic (exact) mass is 353 g/mol. The fourth-order valence-corrected chi connectivity index (χ4v) is 3.29. The van der Waals surface area contributed by atoms with Gasteiger partial charge in [0.1, 0.15) is 6.61 Å². The van der Waals surface area contributed by atoms with Gasteiger partial charge in [-0.2, -0.15) is 0 Å². The second kappa shape index (κ2) is 8.70. The van der Waals surface area contributed by atoms with Crippen molar-refractivity contribution in [1.29, 1.82) is 0 Å². The molecular formula is C21H23NO2S. The maximum Gasteiger partial charge on any atom is 0.161 e. The van der Waals surface area contributed by atoms with E-state index in [9.17, 15) is 0 Å². The maximum absolute atomic E-state index is 5.97. The standard InChI is InChI=1S/C21H23NO2S/c1-16-6-3-4-7-18(16)15-24-20-10-9-17(12-21(20)23-2)13-22-14-19-8-5-11-25-19/h3-12,22H,13-15H2,1-2H3. The van der Waals surface area contributed by atoms with Crippen LogP contribution in [0.25, 0.3) is 0 Å². The van der Waals surface area contributed by atoms with Gasteiger partial charge in [-0.1, -0.05) is 36.4 Å². The summed E-state index contributed by atoms with van der Waals surface area (Å²) >= 11 is 1.77. The average molecular weight is 353 g/mol. The molecule has 4 heteroatoms. The third-order valence-electron chi connectivity index (χ3n) is 4.08. The first kappa shape index (κ1) is 17.5. The van der Waals surface area contributed by atoms with Crippen molar-refractivity contribution in [3.05, 3.63) is 81.5 Å². The minimum absolute atomic E-state index is 0.541. The second-order valence-corrected chi connectivity index (χ2v) is 6.92. The van der Waals surface area contributed by atoms with Crippen molar-refractivity contribution in [3.63, 3.8) is 0 Å². The lowest BCUT2D eigenvalue weighted by Gasteiger charge is -2.13.